The number of ketones is 1. The minimum atomic E-state index is -4.86. The second-order valence-corrected chi connectivity index (χ2v) is 14.5. The van der Waals surface area contributed by atoms with Gasteiger partial charge in [-0.2, -0.15) is 0 Å². The number of Topliss-reactive ketones (excluding diaryl/α,β-unsaturated/α-hetero) is 1. The lowest BCUT2D eigenvalue weighted by molar-refractivity contribution is -0.274. The molecule has 0 aliphatic rings. The molecule has 66 heavy (non-hydrogen) atoms. The molecule has 0 saturated carbocycles. The first kappa shape index (κ1) is 52.3. The van der Waals surface area contributed by atoms with E-state index in [1.807, 2.05) is 31.2 Å². The SMILES string of the molecule is C.COc1ccc(Cn2c(=O)c(CC(=O)Cc3cccc(OC(F)(F)F)c3)c(N)n(C)c2=O)cc1.COc1ccc(Cn2c(=O)c(N)c(N)n(C)c2=O)cc1.Cc1cccc(CC(=O)O)c1. The Hall–Kier alpha value is -8.03. The maximum atomic E-state index is 13.0. The molecule has 17 nitrogen and oxygen atoms in total. The topological polar surface area (TPSA) is 248 Å². The highest BCUT2D eigenvalue weighted by atomic mass is 19.4. The summed E-state index contributed by atoms with van der Waals surface area (Å²) in [6.07, 6.45) is -5.40. The van der Waals surface area contributed by atoms with Crippen molar-refractivity contribution in [1.29, 1.82) is 0 Å². The number of halogens is 3. The Kier molecular flexibility index (Phi) is 18.3. The number of methoxy groups -OCH3 is 2. The van der Waals surface area contributed by atoms with Crippen LogP contribution in [0.5, 0.6) is 17.2 Å². The number of carboxylic acids is 1. The number of anilines is 3. The fourth-order valence-corrected chi connectivity index (χ4v) is 6.26. The number of ether oxygens (including phenoxy) is 3. The number of rotatable bonds is 13. The Balaban J connectivity index is 0.000000303. The zero-order chi connectivity index (χ0) is 48.2. The predicted molar refractivity (Wildman–Crippen MR) is 244 cm³/mol. The van der Waals surface area contributed by atoms with Crippen LogP contribution in [0.25, 0.3) is 0 Å². The summed E-state index contributed by atoms with van der Waals surface area (Å²) in [5.74, 6) is -0.572. The van der Waals surface area contributed by atoms with E-state index in [0.717, 1.165) is 47.1 Å². The third-order valence-electron chi connectivity index (χ3n) is 9.67. The number of nitrogens with zero attached hydrogens (tertiary/aromatic N) is 4. The molecular weight excluding hydrogens is 868 g/mol. The van der Waals surface area contributed by atoms with Gasteiger partial charge in [0.15, 0.2) is 0 Å². The zero-order valence-corrected chi connectivity index (χ0v) is 36.0. The number of carbonyl (C=O) groups is 2. The fourth-order valence-electron chi connectivity index (χ4n) is 6.26. The lowest BCUT2D eigenvalue weighted by atomic mass is 10.0. The van der Waals surface area contributed by atoms with Gasteiger partial charge >= 0.3 is 23.7 Å². The Morgan fingerprint density at radius 1 is 0.621 bits per heavy atom. The molecule has 0 spiro atoms. The van der Waals surface area contributed by atoms with Gasteiger partial charge in [0.2, 0.25) is 0 Å². The summed E-state index contributed by atoms with van der Waals surface area (Å²) < 4.78 is 55.6. The number of benzene rings is 4. The first-order valence-electron chi connectivity index (χ1n) is 19.4. The molecule has 0 fully saturated rings. The first-order valence-corrected chi connectivity index (χ1v) is 19.4. The van der Waals surface area contributed by atoms with Crippen LogP contribution in [0.1, 0.15) is 40.8 Å². The van der Waals surface area contributed by atoms with Crippen LogP contribution >= 0.6 is 0 Å². The van der Waals surface area contributed by atoms with Crippen molar-refractivity contribution in [3.8, 4) is 17.2 Å². The summed E-state index contributed by atoms with van der Waals surface area (Å²) in [7, 11) is 5.93. The van der Waals surface area contributed by atoms with Crippen LogP contribution < -0.4 is 53.9 Å². The summed E-state index contributed by atoms with van der Waals surface area (Å²) in [6.45, 7) is 2.03. The van der Waals surface area contributed by atoms with Gasteiger partial charge in [0, 0.05) is 26.9 Å². The molecule has 0 bridgehead atoms. The Morgan fingerprint density at radius 3 is 1.56 bits per heavy atom. The highest BCUT2D eigenvalue weighted by Crippen LogP contribution is 2.24. The summed E-state index contributed by atoms with van der Waals surface area (Å²) in [4.78, 5) is 72.7. The van der Waals surface area contributed by atoms with Gasteiger partial charge in [0.25, 0.3) is 11.1 Å². The lowest BCUT2D eigenvalue weighted by Gasteiger charge is -2.14. The average Bonchev–Trinajstić information content (AvgIpc) is 3.26. The van der Waals surface area contributed by atoms with Crippen LogP contribution in [0.3, 0.4) is 0 Å². The van der Waals surface area contributed by atoms with Gasteiger partial charge < -0.3 is 36.5 Å². The number of carboxylic acid groups (broad SMARTS) is 1. The van der Waals surface area contributed by atoms with Crippen LogP contribution in [0.15, 0.2) is 116 Å². The summed E-state index contributed by atoms with van der Waals surface area (Å²) in [5, 5.41) is 8.46. The molecule has 0 aliphatic heterocycles. The largest absolute Gasteiger partial charge is 0.573 e. The van der Waals surface area contributed by atoms with Crippen molar-refractivity contribution in [2.45, 2.75) is 53.1 Å². The molecule has 352 valence electrons. The maximum absolute atomic E-state index is 13.0. The van der Waals surface area contributed by atoms with Gasteiger partial charge in [-0.05, 0) is 65.6 Å². The molecule has 2 aromatic heterocycles. The Labute approximate surface area is 376 Å². The third kappa shape index (κ3) is 14.2. The number of aliphatic carboxylic acids is 1. The van der Waals surface area contributed by atoms with E-state index < -0.39 is 52.8 Å². The van der Waals surface area contributed by atoms with Crippen molar-refractivity contribution in [3.63, 3.8) is 0 Å². The molecule has 0 aliphatic carbocycles. The van der Waals surface area contributed by atoms with Crippen molar-refractivity contribution in [2.24, 2.45) is 14.1 Å². The van der Waals surface area contributed by atoms with E-state index in [4.69, 9.17) is 31.8 Å². The standard InChI is InChI=1S/C23H22F3N3O5.C13H16N4O3.C9H10O2.CH4/c1-28-20(27)19(12-16(30)10-15-4-3-5-18(11-15)34-23(24,25)26)21(31)29(22(28)32)13-14-6-8-17(33-2)9-7-14;1-16-11(15)10(14)12(18)17(13(16)19)7-8-3-5-9(20-2)6-4-8;1-7-3-2-4-8(5-7)6-9(10)11;/h3-9,11H,10,12-13,27H2,1-2H3;3-6H,7,14-15H2,1-2H3;2-5H,6H2,1H3,(H,10,11);1H4. The monoisotopic (exact) mass is 919 g/mol. The molecule has 0 radical (unpaired) electrons. The van der Waals surface area contributed by atoms with Crippen LogP contribution in [-0.4, -0.2) is 55.7 Å². The number of hydrogen-bond donors (Lipinski definition) is 4. The molecule has 20 heteroatoms. The van der Waals surface area contributed by atoms with Gasteiger partial charge in [0.1, 0.15) is 40.4 Å². The minimum Gasteiger partial charge on any atom is -0.497 e. The molecule has 6 aromatic rings. The summed E-state index contributed by atoms with van der Waals surface area (Å²) >= 11 is 0. The number of nitrogens with two attached hydrogens (primary N) is 3. The van der Waals surface area contributed by atoms with Crippen molar-refractivity contribution in [3.05, 3.63) is 172 Å². The van der Waals surface area contributed by atoms with Crippen LogP contribution in [-0.2, 0) is 56.0 Å². The minimum absolute atomic E-state index is 0. The number of aryl methyl sites for hydroxylation is 1. The van der Waals surface area contributed by atoms with E-state index in [0.29, 0.717) is 17.1 Å². The van der Waals surface area contributed by atoms with Gasteiger partial charge in [0.05, 0.1) is 39.3 Å². The van der Waals surface area contributed by atoms with Gasteiger partial charge in [-0.1, -0.05) is 73.7 Å². The number of alkyl halides is 3. The molecule has 2 heterocycles. The summed E-state index contributed by atoms with van der Waals surface area (Å²) in [6, 6.07) is 26.3. The molecule has 0 unspecified atom stereocenters. The second-order valence-electron chi connectivity index (χ2n) is 14.5. The van der Waals surface area contributed by atoms with Crippen molar-refractivity contribution in [1.82, 2.24) is 18.3 Å². The third-order valence-corrected chi connectivity index (χ3v) is 9.67. The van der Waals surface area contributed by atoms with Crippen LogP contribution in [0.2, 0.25) is 0 Å². The molecule has 7 N–H and O–H groups in total. The van der Waals surface area contributed by atoms with E-state index in [1.165, 1.54) is 33.3 Å². The summed E-state index contributed by atoms with van der Waals surface area (Å²) in [5.41, 5.74) is 18.2. The van der Waals surface area contributed by atoms with E-state index in [1.54, 1.807) is 55.6 Å². The van der Waals surface area contributed by atoms with Gasteiger partial charge in [-0.25, -0.2) is 9.59 Å². The van der Waals surface area contributed by atoms with E-state index in [2.05, 4.69) is 4.74 Å². The maximum Gasteiger partial charge on any atom is 0.573 e. The molecule has 4 aromatic carbocycles. The number of nitrogen functional groups attached to an aromatic ring is 3. The van der Waals surface area contributed by atoms with Crippen molar-refractivity contribution in [2.75, 3.05) is 31.4 Å². The molecule has 0 saturated heterocycles. The number of carbonyl (C=O) groups excluding carboxylic acids is 1. The van der Waals surface area contributed by atoms with Crippen molar-refractivity contribution < 1.29 is 42.1 Å². The van der Waals surface area contributed by atoms with Gasteiger partial charge in [-0.15, -0.1) is 13.2 Å². The normalized spacial score (nSPS) is 10.6. The van der Waals surface area contributed by atoms with Crippen LogP contribution in [0.4, 0.5) is 30.5 Å². The predicted octanol–water partition coefficient (Wildman–Crippen LogP) is 4.47. The average molecular weight is 920 g/mol. The second kappa shape index (κ2) is 23.1. The fraction of sp³-hybridized carbons (Fsp3) is 0.261. The Bertz CT molecular complexity index is 2850. The molecule has 0 amide bonds. The highest BCUT2D eigenvalue weighted by Gasteiger charge is 2.31. The van der Waals surface area contributed by atoms with Crippen LogP contribution in [0, 0.1) is 6.92 Å². The Morgan fingerprint density at radius 2 is 1.09 bits per heavy atom. The van der Waals surface area contributed by atoms with E-state index >= 15 is 0 Å². The first-order chi connectivity index (χ1) is 30.6. The molecule has 6 rings (SSSR count). The van der Waals surface area contributed by atoms with E-state index in [9.17, 15) is 41.9 Å². The molecule has 0 atom stereocenters. The van der Waals surface area contributed by atoms with Crippen molar-refractivity contribution >= 4 is 29.1 Å². The molecular formula is C46H52F3N7O10. The highest BCUT2D eigenvalue weighted by molar-refractivity contribution is 5.84. The zero-order valence-electron chi connectivity index (χ0n) is 36.0. The number of aromatic nitrogens is 4. The van der Waals surface area contributed by atoms with Gasteiger partial charge in [-0.3, -0.25) is 37.4 Å². The quantitative estimate of drug-likeness (QED) is 0.125. The number of hydrogen-bond acceptors (Lipinski definition) is 12. The van der Waals surface area contributed by atoms with E-state index in [-0.39, 0.29) is 61.8 Å². The smallest absolute Gasteiger partial charge is 0.497 e. The lowest BCUT2D eigenvalue weighted by Crippen LogP contribution is -2.42.